The summed E-state index contributed by atoms with van der Waals surface area (Å²) in [7, 11) is 0. The normalized spacial score (nSPS) is 11.3. The summed E-state index contributed by atoms with van der Waals surface area (Å²) in [5, 5.41) is 0. The molecule has 3 heteroatoms. The number of nitrogens with zero attached hydrogens (tertiary/aromatic N) is 2. The van der Waals surface area contributed by atoms with Crippen LogP contribution in [0.2, 0.25) is 0 Å². The van der Waals surface area contributed by atoms with E-state index in [-0.39, 0.29) is 0 Å². The van der Waals surface area contributed by atoms with Crippen molar-refractivity contribution < 1.29 is 0 Å². The fourth-order valence-electron chi connectivity index (χ4n) is 2.35. The van der Waals surface area contributed by atoms with Crippen LogP contribution >= 0.6 is 0 Å². The van der Waals surface area contributed by atoms with Gasteiger partial charge < -0.3 is 10.3 Å². The quantitative estimate of drug-likeness (QED) is 0.880. The Kier molecular flexibility index (Phi) is 4.02. The van der Waals surface area contributed by atoms with Crippen molar-refractivity contribution in [1.29, 1.82) is 0 Å². The molecule has 2 aromatic rings. The van der Waals surface area contributed by atoms with Crippen LogP contribution in [0.5, 0.6) is 0 Å². The third kappa shape index (κ3) is 2.41. The molecule has 0 spiro atoms. The molecule has 1 heterocycles. The Bertz CT molecular complexity index is 540. The van der Waals surface area contributed by atoms with Crippen LogP contribution in [0.4, 0.5) is 0 Å². The number of hydrogen-bond donors (Lipinski definition) is 1. The van der Waals surface area contributed by atoms with Crippen LogP contribution in [0, 0.1) is 13.8 Å². The number of rotatable bonds is 5. The summed E-state index contributed by atoms with van der Waals surface area (Å²) in [6.45, 7) is 8.29. The van der Waals surface area contributed by atoms with Gasteiger partial charge in [-0.05, 0) is 56.5 Å². The van der Waals surface area contributed by atoms with E-state index in [1.807, 2.05) is 0 Å². The second-order valence-electron chi connectivity index (χ2n) is 5.00. The Hall–Kier alpha value is -1.35. The predicted octanol–water partition coefficient (Wildman–Crippen LogP) is 2.95. The Morgan fingerprint density at radius 3 is 2.61 bits per heavy atom. The van der Waals surface area contributed by atoms with Crippen molar-refractivity contribution in [3.63, 3.8) is 0 Å². The SMILES string of the molecule is CCCn1c(CCCN)nc2cc(C)c(C)cc21. The average molecular weight is 245 g/mol. The van der Waals surface area contributed by atoms with E-state index < -0.39 is 0 Å². The average Bonchev–Trinajstić information content (AvgIpc) is 2.66. The molecule has 0 radical (unpaired) electrons. The van der Waals surface area contributed by atoms with Crippen LogP contribution in [0.25, 0.3) is 11.0 Å². The van der Waals surface area contributed by atoms with Crippen molar-refractivity contribution in [2.24, 2.45) is 5.73 Å². The van der Waals surface area contributed by atoms with Gasteiger partial charge in [-0.3, -0.25) is 0 Å². The number of aromatic nitrogens is 2. The highest BCUT2D eigenvalue weighted by Gasteiger charge is 2.10. The zero-order chi connectivity index (χ0) is 13.1. The van der Waals surface area contributed by atoms with Gasteiger partial charge in [-0.2, -0.15) is 0 Å². The third-order valence-electron chi connectivity index (χ3n) is 3.49. The lowest BCUT2D eigenvalue weighted by atomic mass is 10.1. The van der Waals surface area contributed by atoms with E-state index in [1.54, 1.807) is 0 Å². The first-order valence-electron chi connectivity index (χ1n) is 6.83. The van der Waals surface area contributed by atoms with E-state index in [2.05, 4.69) is 37.5 Å². The Labute approximate surface area is 109 Å². The van der Waals surface area contributed by atoms with Gasteiger partial charge in [0.05, 0.1) is 11.0 Å². The molecule has 18 heavy (non-hydrogen) atoms. The van der Waals surface area contributed by atoms with Crippen molar-refractivity contribution in [2.45, 2.75) is 46.6 Å². The molecular formula is C15H23N3. The summed E-state index contributed by atoms with van der Waals surface area (Å²) in [5.41, 5.74) is 10.7. The number of aryl methyl sites for hydroxylation is 4. The highest BCUT2D eigenvalue weighted by Crippen LogP contribution is 2.21. The van der Waals surface area contributed by atoms with Crippen LogP contribution < -0.4 is 5.73 Å². The lowest BCUT2D eigenvalue weighted by molar-refractivity contribution is 0.639. The molecule has 98 valence electrons. The van der Waals surface area contributed by atoms with Crippen molar-refractivity contribution in [3.8, 4) is 0 Å². The third-order valence-corrected chi connectivity index (χ3v) is 3.49. The second-order valence-corrected chi connectivity index (χ2v) is 5.00. The maximum atomic E-state index is 5.61. The fourth-order valence-corrected chi connectivity index (χ4v) is 2.35. The number of imidazole rings is 1. The van der Waals surface area contributed by atoms with Crippen molar-refractivity contribution in [2.75, 3.05) is 6.54 Å². The summed E-state index contributed by atoms with van der Waals surface area (Å²) < 4.78 is 2.36. The first-order valence-corrected chi connectivity index (χ1v) is 6.83. The highest BCUT2D eigenvalue weighted by atomic mass is 15.1. The summed E-state index contributed by atoms with van der Waals surface area (Å²) in [6.07, 6.45) is 3.11. The summed E-state index contributed by atoms with van der Waals surface area (Å²) >= 11 is 0. The van der Waals surface area contributed by atoms with Crippen molar-refractivity contribution in [3.05, 3.63) is 29.1 Å². The van der Waals surface area contributed by atoms with E-state index in [9.17, 15) is 0 Å². The van der Waals surface area contributed by atoms with Gasteiger partial charge in [-0.1, -0.05) is 6.92 Å². The molecule has 0 aliphatic carbocycles. The molecule has 2 rings (SSSR count). The molecule has 0 fully saturated rings. The molecule has 0 saturated carbocycles. The van der Waals surface area contributed by atoms with Gasteiger partial charge in [0.1, 0.15) is 5.82 Å². The topological polar surface area (TPSA) is 43.8 Å². The minimum atomic E-state index is 0.730. The zero-order valence-corrected chi connectivity index (χ0v) is 11.7. The maximum Gasteiger partial charge on any atom is 0.109 e. The van der Waals surface area contributed by atoms with Crippen LogP contribution in [-0.4, -0.2) is 16.1 Å². The van der Waals surface area contributed by atoms with Crippen molar-refractivity contribution >= 4 is 11.0 Å². The first kappa shape index (κ1) is 13.1. The van der Waals surface area contributed by atoms with Crippen LogP contribution in [0.15, 0.2) is 12.1 Å². The Morgan fingerprint density at radius 1 is 1.22 bits per heavy atom. The van der Waals surface area contributed by atoms with Gasteiger partial charge in [0.2, 0.25) is 0 Å². The summed E-state index contributed by atoms with van der Waals surface area (Å²) in [5.74, 6) is 1.18. The molecule has 1 aromatic heterocycles. The van der Waals surface area contributed by atoms with Gasteiger partial charge in [0, 0.05) is 13.0 Å². The molecule has 1 aromatic carbocycles. The maximum absolute atomic E-state index is 5.61. The summed E-state index contributed by atoms with van der Waals surface area (Å²) in [4.78, 5) is 4.78. The van der Waals surface area contributed by atoms with Crippen molar-refractivity contribution in [1.82, 2.24) is 9.55 Å². The summed E-state index contributed by atoms with van der Waals surface area (Å²) in [6, 6.07) is 4.46. The zero-order valence-electron chi connectivity index (χ0n) is 11.7. The molecule has 0 amide bonds. The molecule has 0 aliphatic rings. The van der Waals surface area contributed by atoms with Gasteiger partial charge in [0.25, 0.3) is 0 Å². The van der Waals surface area contributed by atoms with Gasteiger partial charge >= 0.3 is 0 Å². The Balaban J connectivity index is 2.52. The molecule has 3 nitrogen and oxygen atoms in total. The smallest absolute Gasteiger partial charge is 0.109 e. The fraction of sp³-hybridized carbons (Fsp3) is 0.533. The predicted molar refractivity (Wildman–Crippen MR) is 76.9 cm³/mol. The second kappa shape index (κ2) is 5.53. The van der Waals surface area contributed by atoms with Gasteiger partial charge in [0.15, 0.2) is 0 Å². The lowest BCUT2D eigenvalue weighted by Gasteiger charge is -2.08. The van der Waals surface area contributed by atoms with Gasteiger partial charge in [-0.25, -0.2) is 4.98 Å². The molecule has 0 unspecified atom stereocenters. The molecular weight excluding hydrogens is 222 g/mol. The van der Waals surface area contributed by atoms with Crippen LogP contribution in [0.1, 0.15) is 36.7 Å². The number of nitrogens with two attached hydrogens (primary N) is 1. The minimum absolute atomic E-state index is 0.730. The molecule has 0 saturated heterocycles. The van der Waals surface area contributed by atoms with E-state index in [0.29, 0.717) is 0 Å². The van der Waals surface area contributed by atoms with Gasteiger partial charge in [-0.15, -0.1) is 0 Å². The molecule has 0 bridgehead atoms. The van der Waals surface area contributed by atoms with E-state index >= 15 is 0 Å². The largest absolute Gasteiger partial charge is 0.330 e. The monoisotopic (exact) mass is 245 g/mol. The molecule has 2 N–H and O–H groups in total. The van der Waals surface area contributed by atoms with E-state index in [0.717, 1.165) is 37.9 Å². The highest BCUT2D eigenvalue weighted by molar-refractivity contribution is 5.78. The van der Waals surface area contributed by atoms with E-state index in [4.69, 9.17) is 10.7 Å². The first-order chi connectivity index (χ1) is 8.67. The van der Waals surface area contributed by atoms with E-state index in [1.165, 1.54) is 22.5 Å². The Morgan fingerprint density at radius 2 is 1.94 bits per heavy atom. The van der Waals surface area contributed by atoms with Crippen LogP contribution in [-0.2, 0) is 13.0 Å². The minimum Gasteiger partial charge on any atom is -0.330 e. The lowest BCUT2D eigenvalue weighted by Crippen LogP contribution is -2.07. The molecule has 0 atom stereocenters. The number of fused-ring (bicyclic) bond motifs is 1. The van der Waals surface area contributed by atoms with Crippen LogP contribution in [0.3, 0.4) is 0 Å². The number of hydrogen-bond acceptors (Lipinski definition) is 2. The molecule has 0 aliphatic heterocycles. The standard InChI is InChI=1S/C15H23N3/c1-4-8-18-14-10-12(3)11(2)9-13(14)17-15(18)6-5-7-16/h9-10H,4-8,16H2,1-3H3. The number of benzene rings is 1.